The highest BCUT2D eigenvalue weighted by molar-refractivity contribution is 5.99. The number of hydrogen-bond donors (Lipinski definition) is 1. The first-order valence-corrected chi connectivity index (χ1v) is 11.2. The molecule has 174 valence electrons. The molecule has 6 nitrogen and oxygen atoms in total. The van der Waals surface area contributed by atoms with E-state index in [9.17, 15) is 9.59 Å². The second-order valence-electron chi connectivity index (χ2n) is 8.06. The summed E-state index contributed by atoms with van der Waals surface area (Å²) in [7, 11) is 2.93. The van der Waals surface area contributed by atoms with E-state index in [1.165, 1.54) is 7.11 Å². The van der Waals surface area contributed by atoms with E-state index in [2.05, 4.69) is 30.3 Å². The third kappa shape index (κ3) is 5.28. The van der Waals surface area contributed by atoms with Crippen molar-refractivity contribution in [3.05, 3.63) is 71.4 Å². The van der Waals surface area contributed by atoms with Crippen molar-refractivity contribution in [3.63, 3.8) is 0 Å². The molecule has 1 amide bonds. The highest BCUT2D eigenvalue weighted by Gasteiger charge is 2.15. The van der Waals surface area contributed by atoms with Crippen molar-refractivity contribution in [2.24, 2.45) is 5.92 Å². The molecule has 0 fully saturated rings. The molecule has 6 heteroatoms. The molecule has 0 saturated carbocycles. The Labute approximate surface area is 195 Å². The molecule has 0 unspecified atom stereocenters. The predicted octanol–water partition coefficient (Wildman–Crippen LogP) is 5.29. The Kier molecular flexibility index (Phi) is 7.93. The Bertz CT molecular complexity index is 1160. The standard InChI is InChI=1S/C27H32N2O4/c1-6-18(7-2)15-28-26(30)20-11-12-23-19(8-3)16-29(24(23)13-20)17-22-10-9-21(27(31)33-5)14-25(22)32-4/h8-14,16,18H,3,6-7,15,17H2,1-2,4-5H3,(H,28,30). The summed E-state index contributed by atoms with van der Waals surface area (Å²) in [5.41, 5.74) is 3.87. The average Bonchev–Trinajstić information content (AvgIpc) is 3.20. The summed E-state index contributed by atoms with van der Waals surface area (Å²) in [5.74, 6) is 0.592. The molecule has 1 heterocycles. The molecule has 3 rings (SSSR count). The van der Waals surface area contributed by atoms with Gasteiger partial charge in [0.2, 0.25) is 0 Å². The number of rotatable bonds is 10. The van der Waals surface area contributed by atoms with Crippen LogP contribution in [0.3, 0.4) is 0 Å². The van der Waals surface area contributed by atoms with E-state index in [0.29, 0.717) is 35.9 Å². The van der Waals surface area contributed by atoms with Crippen LogP contribution in [-0.2, 0) is 11.3 Å². The summed E-state index contributed by atoms with van der Waals surface area (Å²) >= 11 is 0. The van der Waals surface area contributed by atoms with Crippen LogP contribution in [0.1, 0.15) is 58.5 Å². The zero-order valence-electron chi connectivity index (χ0n) is 19.8. The van der Waals surface area contributed by atoms with Crippen LogP contribution in [0.2, 0.25) is 0 Å². The monoisotopic (exact) mass is 448 g/mol. The van der Waals surface area contributed by atoms with Crippen LogP contribution < -0.4 is 10.1 Å². The van der Waals surface area contributed by atoms with Gasteiger partial charge in [-0.05, 0) is 35.7 Å². The lowest BCUT2D eigenvalue weighted by Gasteiger charge is -2.14. The quantitative estimate of drug-likeness (QED) is 0.428. The lowest BCUT2D eigenvalue weighted by atomic mass is 10.0. The first-order valence-electron chi connectivity index (χ1n) is 11.2. The van der Waals surface area contributed by atoms with Gasteiger partial charge in [0.25, 0.3) is 5.91 Å². The molecule has 0 saturated heterocycles. The van der Waals surface area contributed by atoms with Crippen molar-refractivity contribution in [2.75, 3.05) is 20.8 Å². The second kappa shape index (κ2) is 10.9. The Balaban J connectivity index is 1.95. The van der Waals surface area contributed by atoms with E-state index in [0.717, 1.165) is 34.9 Å². The topological polar surface area (TPSA) is 69.6 Å². The normalized spacial score (nSPS) is 10.9. The summed E-state index contributed by atoms with van der Waals surface area (Å²) in [5, 5.41) is 4.08. The van der Waals surface area contributed by atoms with Crippen LogP contribution in [0.15, 0.2) is 49.2 Å². The van der Waals surface area contributed by atoms with E-state index in [1.807, 2.05) is 36.5 Å². The third-order valence-corrected chi connectivity index (χ3v) is 6.15. The zero-order valence-corrected chi connectivity index (χ0v) is 19.8. The summed E-state index contributed by atoms with van der Waals surface area (Å²) in [6, 6.07) is 11.0. The molecule has 0 atom stereocenters. The Morgan fingerprint density at radius 1 is 1.09 bits per heavy atom. The van der Waals surface area contributed by atoms with Crippen LogP contribution in [0.5, 0.6) is 5.75 Å². The van der Waals surface area contributed by atoms with Gasteiger partial charge in [0.15, 0.2) is 0 Å². The number of esters is 1. The molecule has 0 radical (unpaired) electrons. The number of nitrogens with zero attached hydrogens (tertiary/aromatic N) is 1. The van der Waals surface area contributed by atoms with E-state index in [-0.39, 0.29) is 5.91 Å². The van der Waals surface area contributed by atoms with Crippen molar-refractivity contribution in [1.29, 1.82) is 0 Å². The number of methoxy groups -OCH3 is 2. The van der Waals surface area contributed by atoms with Crippen LogP contribution in [-0.4, -0.2) is 37.2 Å². The molecule has 2 aromatic carbocycles. The number of hydrogen-bond acceptors (Lipinski definition) is 4. The second-order valence-corrected chi connectivity index (χ2v) is 8.06. The molecule has 0 aliphatic rings. The number of carbonyl (C=O) groups excluding carboxylic acids is 2. The van der Waals surface area contributed by atoms with E-state index in [4.69, 9.17) is 9.47 Å². The number of aromatic nitrogens is 1. The maximum Gasteiger partial charge on any atom is 0.337 e. The van der Waals surface area contributed by atoms with Crippen molar-refractivity contribution in [2.45, 2.75) is 33.2 Å². The fourth-order valence-corrected chi connectivity index (χ4v) is 3.98. The van der Waals surface area contributed by atoms with Gasteiger partial charge in [-0.15, -0.1) is 0 Å². The Hall–Kier alpha value is -3.54. The zero-order chi connectivity index (χ0) is 24.0. The SMILES string of the molecule is C=Cc1cn(Cc2ccc(C(=O)OC)cc2OC)c2cc(C(=O)NCC(CC)CC)ccc12. The lowest BCUT2D eigenvalue weighted by Crippen LogP contribution is -2.28. The van der Waals surface area contributed by atoms with Crippen molar-refractivity contribution in [1.82, 2.24) is 9.88 Å². The lowest BCUT2D eigenvalue weighted by molar-refractivity contribution is 0.0600. The molecule has 1 N–H and O–H groups in total. The minimum Gasteiger partial charge on any atom is -0.496 e. The van der Waals surface area contributed by atoms with Gasteiger partial charge in [-0.3, -0.25) is 4.79 Å². The van der Waals surface area contributed by atoms with Crippen LogP contribution in [0.4, 0.5) is 0 Å². The fourth-order valence-electron chi connectivity index (χ4n) is 3.98. The van der Waals surface area contributed by atoms with Gasteiger partial charge in [0, 0.05) is 34.8 Å². The number of ether oxygens (including phenoxy) is 2. The van der Waals surface area contributed by atoms with Gasteiger partial charge in [-0.1, -0.05) is 51.5 Å². The summed E-state index contributed by atoms with van der Waals surface area (Å²) < 4.78 is 12.4. The van der Waals surface area contributed by atoms with Crippen molar-refractivity contribution >= 4 is 28.9 Å². The average molecular weight is 449 g/mol. The summed E-state index contributed by atoms with van der Waals surface area (Å²) in [4.78, 5) is 24.7. The molecular formula is C27H32N2O4. The van der Waals surface area contributed by atoms with Gasteiger partial charge in [-0.25, -0.2) is 4.79 Å². The van der Waals surface area contributed by atoms with Gasteiger partial charge >= 0.3 is 5.97 Å². The van der Waals surface area contributed by atoms with Gasteiger partial charge < -0.3 is 19.4 Å². The van der Waals surface area contributed by atoms with Crippen LogP contribution >= 0.6 is 0 Å². The van der Waals surface area contributed by atoms with Gasteiger partial charge in [-0.2, -0.15) is 0 Å². The summed E-state index contributed by atoms with van der Waals surface area (Å²) in [6.07, 6.45) is 5.90. The van der Waals surface area contributed by atoms with E-state index < -0.39 is 5.97 Å². The predicted molar refractivity (Wildman–Crippen MR) is 132 cm³/mol. The number of amides is 1. The third-order valence-electron chi connectivity index (χ3n) is 6.15. The molecule has 0 aliphatic carbocycles. The highest BCUT2D eigenvalue weighted by atomic mass is 16.5. The van der Waals surface area contributed by atoms with E-state index in [1.54, 1.807) is 19.2 Å². The first-order chi connectivity index (χ1) is 15.9. The fraction of sp³-hybridized carbons (Fsp3) is 0.333. The minimum absolute atomic E-state index is 0.0725. The summed E-state index contributed by atoms with van der Waals surface area (Å²) in [6.45, 7) is 9.39. The van der Waals surface area contributed by atoms with Crippen LogP contribution in [0, 0.1) is 5.92 Å². The van der Waals surface area contributed by atoms with Gasteiger partial charge in [0.05, 0.1) is 26.3 Å². The molecule has 0 bridgehead atoms. The smallest absolute Gasteiger partial charge is 0.337 e. The number of fused-ring (bicyclic) bond motifs is 1. The maximum atomic E-state index is 12.8. The minimum atomic E-state index is -0.413. The maximum absolute atomic E-state index is 12.8. The van der Waals surface area contributed by atoms with Crippen LogP contribution in [0.25, 0.3) is 17.0 Å². The molecule has 33 heavy (non-hydrogen) atoms. The van der Waals surface area contributed by atoms with E-state index >= 15 is 0 Å². The van der Waals surface area contributed by atoms with Crippen molar-refractivity contribution in [3.8, 4) is 5.75 Å². The number of benzene rings is 2. The molecule has 0 spiro atoms. The number of carbonyl (C=O) groups is 2. The molecular weight excluding hydrogens is 416 g/mol. The number of nitrogens with one attached hydrogen (secondary N) is 1. The first kappa shape index (κ1) is 24.1. The highest BCUT2D eigenvalue weighted by Crippen LogP contribution is 2.28. The van der Waals surface area contributed by atoms with Gasteiger partial charge in [0.1, 0.15) is 5.75 Å². The molecule has 1 aromatic heterocycles. The largest absolute Gasteiger partial charge is 0.496 e. The Morgan fingerprint density at radius 3 is 2.45 bits per heavy atom. The molecule has 0 aliphatic heterocycles. The molecule has 3 aromatic rings. The van der Waals surface area contributed by atoms with Crippen molar-refractivity contribution < 1.29 is 19.1 Å². The Morgan fingerprint density at radius 2 is 1.82 bits per heavy atom.